The summed E-state index contributed by atoms with van der Waals surface area (Å²) < 4.78 is 51.1. The Balaban J connectivity index is 2.11. The number of hydrogen-bond donors (Lipinski definition) is 2. The zero-order valence-corrected chi connectivity index (χ0v) is 17.8. The molecule has 0 radical (unpaired) electrons. The first-order chi connectivity index (χ1) is 12.9. The Bertz CT molecular complexity index is 1080. The van der Waals surface area contributed by atoms with Crippen LogP contribution in [0.5, 0.6) is 0 Å². The van der Waals surface area contributed by atoms with Crippen LogP contribution in [0, 0.1) is 6.92 Å². The van der Waals surface area contributed by atoms with Crippen LogP contribution in [0.3, 0.4) is 0 Å². The lowest BCUT2D eigenvalue weighted by Crippen LogP contribution is -2.35. The Morgan fingerprint density at radius 3 is 2.25 bits per heavy atom. The number of sulfonamides is 2. The van der Waals surface area contributed by atoms with Crippen molar-refractivity contribution in [1.29, 1.82) is 0 Å². The van der Waals surface area contributed by atoms with Crippen molar-refractivity contribution in [2.45, 2.75) is 11.8 Å². The average Bonchev–Trinajstić information content (AvgIpc) is 2.57. The van der Waals surface area contributed by atoms with E-state index in [4.69, 9.17) is 11.6 Å². The zero-order valence-electron chi connectivity index (χ0n) is 15.4. The fraction of sp³-hybridized carbons (Fsp3) is 0.235. The number of carbonyl (C=O) groups is 1. The van der Waals surface area contributed by atoms with Gasteiger partial charge in [-0.1, -0.05) is 17.7 Å². The summed E-state index contributed by atoms with van der Waals surface area (Å²) >= 11 is 5.76. The molecule has 2 aromatic carbocycles. The van der Waals surface area contributed by atoms with Crippen molar-refractivity contribution >= 4 is 48.9 Å². The maximum atomic E-state index is 12.5. The zero-order chi connectivity index (χ0) is 21.1. The van der Waals surface area contributed by atoms with Crippen molar-refractivity contribution < 1.29 is 21.6 Å². The van der Waals surface area contributed by atoms with Gasteiger partial charge in [-0.3, -0.25) is 9.52 Å². The molecule has 11 heteroatoms. The molecule has 0 aromatic heterocycles. The lowest BCUT2D eigenvalue weighted by Gasteiger charge is -2.17. The van der Waals surface area contributed by atoms with Crippen LogP contribution in [0.4, 0.5) is 11.4 Å². The van der Waals surface area contributed by atoms with E-state index >= 15 is 0 Å². The topological polar surface area (TPSA) is 113 Å². The summed E-state index contributed by atoms with van der Waals surface area (Å²) in [5.41, 5.74) is 1.33. The van der Waals surface area contributed by atoms with E-state index in [9.17, 15) is 21.6 Å². The predicted octanol–water partition coefficient (Wildman–Crippen LogP) is 2.28. The summed E-state index contributed by atoms with van der Waals surface area (Å²) in [6, 6.07) is 10.3. The molecule has 1 amide bonds. The van der Waals surface area contributed by atoms with Gasteiger partial charge in [0.15, 0.2) is 0 Å². The van der Waals surface area contributed by atoms with E-state index in [0.29, 0.717) is 22.0 Å². The van der Waals surface area contributed by atoms with Crippen molar-refractivity contribution in [2.75, 3.05) is 29.9 Å². The van der Waals surface area contributed by atoms with Gasteiger partial charge in [0, 0.05) is 17.8 Å². The molecule has 0 saturated carbocycles. The van der Waals surface area contributed by atoms with Crippen LogP contribution in [0.15, 0.2) is 47.4 Å². The van der Waals surface area contributed by atoms with Crippen LogP contribution in [-0.4, -0.2) is 46.9 Å². The minimum atomic E-state index is -3.86. The number of likely N-dealkylation sites (N-methyl/N-ethyl adjacent to an activating group) is 1. The SMILES string of the molecule is Cc1ccc(NC(=O)CN(C)S(=O)(=O)c2ccc(Cl)cc2)cc1NS(C)(=O)=O. The number of amides is 1. The van der Waals surface area contributed by atoms with Crippen LogP contribution < -0.4 is 10.0 Å². The smallest absolute Gasteiger partial charge is 0.243 e. The summed E-state index contributed by atoms with van der Waals surface area (Å²) in [4.78, 5) is 12.3. The molecule has 0 bridgehead atoms. The molecule has 28 heavy (non-hydrogen) atoms. The maximum absolute atomic E-state index is 12.5. The van der Waals surface area contributed by atoms with Crippen molar-refractivity contribution in [3.63, 3.8) is 0 Å². The highest BCUT2D eigenvalue weighted by atomic mass is 35.5. The molecular formula is C17H20ClN3O5S2. The Kier molecular flexibility index (Phi) is 6.71. The van der Waals surface area contributed by atoms with Crippen molar-refractivity contribution in [3.8, 4) is 0 Å². The number of benzene rings is 2. The summed E-state index contributed by atoms with van der Waals surface area (Å²) in [5, 5.41) is 2.96. The molecule has 152 valence electrons. The van der Waals surface area contributed by atoms with Gasteiger partial charge in [-0.2, -0.15) is 4.31 Å². The maximum Gasteiger partial charge on any atom is 0.243 e. The molecule has 0 fully saturated rings. The van der Waals surface area contributed by atoms with Crippen LogP contribution >= 0.6 is 11.6 Å². The number of aryl methyl sites for hydroxylation is 1. The molecule has 0 aliphatic heterocycles. The normalized spacial score (nSPS) is 12.0. The van der Waals surface area contributed by atoms with Gasteiger partial charge in [0.05, 0.1) is 23.4 Å². The molecule has 2 N–H and O–H groups in total. The third kappa shape index (κ3) is 5.93. The summed E-state index contributed by atoms with van der Waals surface area (Å²) in [7, 11) is -6.05. The largest absolute Gasteiger partial charge is 0.325 e. The van der Waals surface area contributed by atoms with Gasteiger partial charge in [0.1, 0.15) is 0 Å². The van der Waals surface area contributed by atoms with E-state index < -0.39 is 32.5 Å². The lowest BCUT2D eigenvalue weighted by atomic mass is 10.2. The number of anilines is 2. The van der Waals surface area contributed by atoms with E-state index in [0.717, 1.165) is 10.6 Å². The van der Waals surface area contributed by atoms with Gasteiger partial charge in [-0.25, -0.2) is 16.8 Å². The second-order valence-corrected chi connectivity index (χ2v) is 10.4. The first-order valence-electron chi connectivity index (χ1n) is 7.99. The number of rotatable bonds is 7. The highest BCUT2D eigenvalue weighted by Crippen LogP contribution is 2.22. The van der Waals surface area contributed by atoms with Crippen molar-refractivity contribution in [2.24, 2.45) is 0 Å². The van der Waals surface area contributed by atoms with Gasteiger partial charge >= 0.3 is 0 Å². The first kappa shape index (κ1) is 22.2. The first-order valence-corrected chi connectivity index (χ1v) is 11.7. The number of hydrogen-bond acceptors (Lipinski definition) is 5. The van der Waals surface area contributed by atoms with Crippen LogP contribution in [-0.2, 0) is 24.8 Å². The molecule has 0 unspecified atom stereocenters. The van der Waals surface area contributed by atoms with E-state index in [1.165, 1.54) is 37.4 Å². The van der Waals surface area contributed by atoms with E-state index in [1.54, 1.807) is 19.1 Å². The molecule has 0 heterocycles. The van der Waals surface area contributed by atoms with Gasteiger partial charge in [0.25, 0.3) is 0 Å². The second kappa shape index (κ2) is 8.48. The van der Waals surface area contributed by atoms with Crippen LogP contribution in [0.2, 0.25) is 5.02 Å². The summed E-state index contributed by atoms with van der Waals surface area (Å²) in [6.07, 6.45) is 1.02. The van der Waals surface area contributed by atoms with Crippen LogP contribution in [0.1, 0.15) is 5.56 Å². The molecular weight excluding hydrogens is 426 g/mol. The Morgan fingerprint density at radius 2 is 1.68 bits per heavy atom. The molecule has 0 atom stereocenters. The molecule has 0 spiro atoms. The molecule has 0 aliphatic carbocycles. The Morgan fingerprint density at radius 1 is 1.07 bits per heavy atom. The Hall–Kier alpha value is -2.14. The quantitative estimate of drug-likeness (QED) is 0.678. The predicted molar refractivity (Wildman–Crippen MR) is 110 cm³/mol. The van der Waals surface area contributed by atoms with Gasteiger partial charge < -0.3 is 5.32 Å². The summed E-state index contributed by atoms with van der Waals surface area (Å²) in [5.74, 6) is -0.575. The minimum Gasteiger partial charge on any atom is -0.325 e. The number of nitrogens with zero attached hydrogens (tertiary/aromatic N) is 1. The third-order valence-electron chi connectivity index (χ3n) is 3.70. The van der Waals surface area contributed by atoms with Crippen molar-refractivity contribution in [3.05, 3.63) is 53.1 Å². The van der Waals surface area contributed by atoms with Crippen molar-refractivity contribution in [1.82, 2.24) is 4.31 Å². The average molecular weight is 446 g/mol. The van der Waals surface area contributed by atoms with E-state index in [2.05, 4.69) is 10.0 Å². The number of halogens is 1. The molecule has 2 aromatic rings. The molecule has 0 aliphatic rings. The number of nitrogens with one attached hydrogen (secondary N) is 2. The lowest BCUT2D eigenvalue weighted by molar-refractivity contribution is -0.116. The third-order valence-corrected chi connectivity index (χ3v) is 6.37. The summed E-state index contributed by atoms with van der Waals surface area (Å²) in [6.45, 7) is 1.29. The number of carbonyl (C=O) groups excluding carboxylic acids is 1. The monoisotopic (exact) mass is 445 g/mol. The van der Waals surface area contributed by atoms with Gasteiger partial charge in [-0.05, 0) is 48.9 Å². The highest BCUT2D eigenvalue weighted by molar-refractivity contribution is 7.92. The standard InChI is InChI=1S/C17H20ClN3O5S2/c1-12-4-7-14(10-16(12)20-27(3,23)24)19-17(22)11-21(2)28(25,26)15-8-5-13(18)6-9-15/h4-10,20H,11H2,1-3H3,(H,19,22). The minimum absolute atomic E-state index is 0.0159. The fourth-order valence-electron chi connectivity index (χ4n) is 2.28. The molecule has 2 rings (SSSR count). The second-order valence-electron chi connectivity index (χ2n) is 6.17. The molecule has 8 nitrogen and oxygen atoms in total. The van der Waals surface area contributed by atoms with Gasteiger partial charge in [-0.15, -0.1) is 0 Å². The fourth-order valence-corrected chi connectivity index (χ4v) is 4.16. The van der Waals surface area contributed by atoms with Gasteiger partial charge in [0.2, 0.25) is 26.0 Å². The molecule has 0 saturated heterocycles. The van der Waals surface area contributed by atoms with Crippen LogP contribution in [0.25, 0.3) is 0 Å². The van der Waals surface area contributed by atoms with E-state index in [-0.39, 0.29) is 4.90 Å². The van der Waals surface area contributed by atoms with E-state index in [1.807, 2.05) is 0 Å². The Labute approximate surface area is 169 Å². The highest BCUT2D eigenvalue weighted by Gasteiger charge is 2.23.